The van der Waals surface area contributed by atoms with Gasteiger partial charge in [-0.2, -0.15) is 0 Å². The Bertz CT molecular complexity index is 500. The van der Waals surface area contributed by atoms with Gasteiger partial charge in [0.1, 0.15) is 0 Å². The largest absolute Gasteiger partial charge is 0.347 e. The van der Waals surface area contributed by atoms with E-state index in [1.54, 1.807) is 6.33 Å². The van der Waals surface area contributed by atoms with Crippen molar-refractivity contribution in [1.29, 1.82) is 0 Å². The van der Waals surface area contributed by atoms with Crippen LogP contribution in [0.15, 0.2) is 24.5 Å². The fraction of sp³-hybridized carbons (Fsp3) is 0.357. The highest BCUT2D eigenvalue weighted by Gasteiger charge is 2.15. The average molecular weight is 229 g/mol. The van der Waals surface area contributed by atoms with Crippen LogP contribution in [0.25, 0.3) is 11.3 Å². The molecule has 2 aromatic rings. The fourth-order valence-electron chi connectivity index (χ4n) is 2.11. The van der Waals surface area contributed by atoms with E-state index < -0.39 is 0 Å². The van der Waals surface area contributed by atoms with Crippen molar-refractivity contribution in [1.82, 2.24) is 15.3 Å². The molecule has 0 atom stereocenters. The van der Waals surface area contributed by atoms with Crippen LogP contribution in [0.4, 0.5) is 0 Å². The lowest BCUT2D eigenvalue weighted by molar-refractivity contribution is 0.692. The highest BCUT2D eigenvalue weighted by atomic mass is 15.0. The number of aromatic nitrogens is 2. The number of nitrogens with zero attached hydrogens (tertiary/aromatic N) is 1. The summed E-state index contributed by atoms with van der Waals surface area (Å²) in [5.41, 5.74) is 6.16. The molecule has 1 aromatic heterocycles. The molecule has 0 bridgehead atoms. The zero-order chi connectivity index (χ0) is 12.3. The number of hydrogen-bond acceptors (Lipinski definition) is 2. The molecule has 0 unspecified atom stereocenters. The summed E-state index contributed by atoms with van der Waals surface area (Å²) in [6.45, 7) is 7.90. The van der Waals surface area contributed by atoms with Gasteiger partial charge in [0.2, 0.25) is 0 Å². The Morgan fingerprint density at radius 3 is 2.82 bits per heavy atom. The summed E-state index contributed by atoms with van der Waals surface area (Å²) in [6, 6.07) is 6.53. The van der Waals surface area contributed by atoms with Gasteiger partial charge in [0, 0.05) is 18.7 Å². The van der Waals surface area contributed by atoms with E-state index in [1.165, 1.54) is 22.4 Å². The summed E-state index contributed by atoms with van der Waals surface area (Å²) in [5, 5.41) is 3.40. The van der Waals surface area contributed by atoms with Crippen LogP contribution in [0.2, 0.25) is 0 Å². The molecule has 17 heavy (non-hydrogen) atoms. The smallest absolute Gasteiger partial charge is 0.0929 e. The van der Waals surface area contributed by atoms with Gasteiger partial charge in [-0.05, 0) is 12.5 Å². The number of benzene rings is 1. The lowest BCUT2D eigenvalue weighted by Crippen LogP contribution is -2.10. The molecular weight excluding hydrogens is 210 g/mol. The summed E-state index contributed by atoms with van der Waals surface area (Å²) in [7, 11) is 0. The van der Waals surface area contributed by atoms with Crippen LogP contribution < -0.4 is 5.32 Å². The van der Waals surface area contributed by atoms with E-state index in [-0.39, 0.29) is 0 Å². The molecule has 0 saturated carbocycles. The van der Waals surface area contributed by atoms with Crippen molar-refractivity contribution < 1.29 is 0 Å². The zero-order valence-corrected chi connectivity index (χ0v) is 10.7. The summed E-state index contributed by atoms with van der Waals surface area (Å²) in [5.74, 6) is 0. The van der Waals surface area contributed by atoms with Crippen molar-refractivity contribution in [2.24, 2.45) is 0 Å². The first-order valence-electron chi connectivity index (χ1n) is 6.17. The van der Waals surface area contributed by atoms with Crippen LogP contribution >= 0.6 is 0 Å². The van der Waals surface area contributed by atoms with E-state index in [2.05, 4.69) is 40.4 Å². The van der Waals surface area contributed by atoms with Crippen molar-refractivity contribution in [3.63, 3.8) is 0 Å². The number of fused-ring (bicyclic) bond motifs is 3. The maximum atomic E-state index is 4.39. The molecule has 1 aromatic carbocycles. The summed E-state index contributed by atoms with van der Waals surface area (Å²) < 4.78 is 0. The third-order valence-corrected chi connectivity index (χ3v) is 2.85. The van der Waals surface area contributed by atoms with E-state index in [0.29, 0.717) is 0 Å². The van der Waals surface area contributed by atoms with Crippen LogP contribution in [0.1, 0.15) is 30.7 Å². The lowest BCUT2D eigenvalue weighted by atomic mass is 10.0. The molecule has 0 amide bonds. The van der Waals surface area contributed by atoms with Crippen LogP contribution in [-0.4, -0.2) is 9.97 Å². The zero-order valence-electron chi connectivity index (χ0n) is 10.7. The molecule has 0 saturated heterocycles. The van der Waals surface area contributed by atoms with Crippen LogP contribution in [-0.2, 0) is 13.1 Å². The molecule has 0 fully saturated rings. The Labute approximate surface area is 102 Å². The first-order chi connectivity index (χ1) is 8.34. The maximum absolute atomic E-state index is 4.39. The molecule has 90 valence electrons. The number of aromatic amines is 1. The van der Waals surface area contributed by atoms with E-state index in [4.69, 9.17) is 0 Å². The van der Waals surface area contributed by atoms with Crippen LogP contribution in [0.5, 0.6) is 0 Å². The highest BCUT2D eigenvalue weighted by Crippen LogP contribution is 2.27. The first-order valence-corrected chi connectivity index (χ1v) is 6.17. The van der Waals surface area contributed by atoms with Crippen LogP contribution in [0, 0.1) is 6.92 Å². The molecule has 2 heterocycles. The minimum atomic E-state index is 0.864. The average Bonchev–Trinajstić information content (AvgIpc) is 2.74. The monoisotopic (exact) mass is 229 g/mol. The predicted molar refractivity (Wildman–Crippen MR) is 70.7 cm³/mol. The number of nitrogens with one attached hydrogen (secondary N) is 2. The second-order valence-corrected chi connectivity index (χ2v) is 3.99. The Morgan fingerprint density at radius 1 is 1.18 bits per heavy atom. The second-order valence-electron chi connectivity index (χ2n) is 3.99. The molecule has 1 aliphatic heterocycles. The summed E-state index contributed by atoms with van der Waals surface area (Å²) >= 11 is 0. The lowest BCUT2D eigenvalue weighted by Gasteiger charge is -2.05. The number of rotatable bonds is 0. The Kier molecular flexibility index (Phi) is 3.59. The van der Waals surface area contributed by atoms with Gasteiger partial charge in [-0.15, -0.1) is 0 Å². The molecule has 0 aliphatic carbocycles. The molecular formula is C14H19N3. The molecule has 3 heteroatoms. The second kappa shape index (κ2) is 5.15. The molecule has 1 aliphatic rings. The number of imidazole rings is 1. The topological polar surface area (TPSA) is 40.7 Å². The van der Waals surface area contributed by atoms with Gasteiger partial charge in [-0.25, -0.2) is 4.98 Å². The SMILES string of the molecule is CC.Cc1ccc2c(c1)CNCc1[nH]cnc1-2. The molecule has 2 N–H and O–H groups in total. The van der Waals surface area contributed by atoms with Gasteiger partial charge in [-0.1, -0.05) is 37.6 Å². The standard InChI is InChI=1S/C12H13N3.C2H6/c1-8-2-3-10-9(4-8)5-13-6-11-12(10)15-7-14-11;1-2/h2-4,7,13H,5-6H2,1H3,(H,14,15);1-2H3. The Hall–Kier alpha value is -1.61. The summed E-state index contributed by atoms with van der Waals surface area (Å²) in [4.78, 5) is 7.57. The third kappa shape index (κ3) is 2.24. The van der Waals surface area contributed by atoms with Gasteiger partial charge in [-0.3, -0.25) is 0 Å². The van der Waals surface area contributed by atoms with Crippen molar-refractivity contribution in [3.8, 4) is 11.3 Å². The van der Waals surface area contributed by atoms with Crippen molar-refractivity contribution in [2.75, 3.05) is 0 Å². The van der Waals surface area contributed by atoms with Gasteiger partial charge >= 0.3 is 0 Å². The first kappa shape index (κ1) is 11.9. The minimum Gasteiger partial charge on any atom is -0.347 e. The quantitative estimate of drug-likeness (QED) is 0.729. The number of H-pyrrole nitrogens is 1. The van der Waals surface area contributed by atoms with Gasteiger partial charge in [0.25, 0.3) is 0 Å². The fourth-order valence-corrected chi connectivity index (χ4v) is 2.11. The highest BCUT2D eigenvalue weighted by molar-refractivity contribution is 5.67. The van der Waals surface area contributed by atoms with Gasteiger partial charge in [0.15, 0.2) is 0 Å². The van der Waals surface area contributed by atoms with Gasteiger partial charge in [0.05, 0.1) is 17.7 Å². The van der Waals surface area contributed by atoms with Crippen molar-refractivity contribution in [3.05, 3.63) is 41.3 Å². The summed E-state index contributed by atoms with van der Waals surface area (Å²) in [6.07, 6.45) is 1.77. The molecule has 3 nitrogen and oxygen atoms in total. The van der Waals surface area contributed by atoms with E-state index in [9.17, 15) is 0 Å². The number of hydrogen-bond donors (Lipinski definition) is 2. The van der Waals surface area contributed by atoms with Crippen molar-refractivity contribution in [2.45, 2.75) is 33.9 Å². The molecule has 0 spiro atoms. The molecule has 0 radical (unpaired) electrons. The Morgan fingerprint density at radius 2 is 2.00 bits per heavy atom. The minimum absolute atomic E-state index is 0.864. The third-order valence-electron chi connectivity index (χ3n) is 2.85. The Balaban J connectivity index is 0.000000514. The van der Waals surface area contributed by atoms with E-state index in [0.717, 1.165) is 18.8 Å². The van der Waals surface area contributed by atoms with Crippen LogP contribution in [0.3, 0.4) is 0 Å². The maximum Gasteiger partial charge on any atom is 0.0929 e. The number of aryl methyl sites for hydroxylation is 1. The van der Waals surface area contributed by atoms with Crippen molar-refractivity contribution >= 4 is 0 Å². The molecule has 3 rings (SSSR count). The normalized spacial score (nSPS) is 12.9. The van der Waals surface area contributed by atoms with E-state index in [1.807, 2.05) is 13.8 Å². The predicted octanol–water partition coefficient (Wildman–Crippen LogP) is 3.01. The van der Waals surface area contributed by atoms with Gasteiger partial charge < -0.3 is 10.3 Å². The van der Waals surface area contributed by atoms with E-state index >= 15 is 0 Å².